The molecule has 1 unspecified atom stereocenters. The number of hydrogen-bond donors (Lipinski definition) is 0. The van der Waals surface area contributed by atoms with E-state index in [1.807, 2.05) is 6.07 Å². The molecule has 0 aliphatic heterocycles. The van der Waals surface area contributed by atoms with E-state index in [0.717, 1.165) is 25.0 Å². The molecule has 16 heavy (non-hydrogen) atoms. The van der Waals surface area contributed by atoms with Crippen LogP contribution in [-0.2, 0) is 6.42 Å². The lowest BCUT2D eigenvalue weighted by Crippen LogP contribution is -2.05. The molecule has 0 saturated heterocycles. The van der Waals surface area contributed by atoms with E-state index < -0.39 is 0 Å². The number of rotatable bonds is 7. The van der Waals surface area contributed by atoms with Gasteiger partial charge < -0.3 is 4.74 Å². The van der Waals surface area contributed by atoms with Crippen molar-refractivity contribution < 1.29 is 4.74 Å². The second-order valence-electron chi connectivity index (χ2n) is 3.79. The molecule has 0 N–H and O–H groups in total. The summed E-state index contributed by atoms with van der Waals surface area (Å²) >= 11 is 3.65. The van der Waals surface area contributed by atoms with Gasteiger partial charge in [0.05, 0.1) is 6.61 Å². The van der Waals surface area contributed by atoms with Crippen molar-refractivity contribution in [3.8, 4) is 5.88 Å². The van der Waals surface area contributed by atoms with Gasteiger partial charge in [0.1, 0.15) is 6.33 Å². The standard InChI is InChI=1S/C12H19BrN2O/c1-3-5-10(13)7-11-8-12(15-9-14-11)16-6-4-2/h8-10H,3-7H2,1-2H3. The van der Waals surface area contributed by atoms with Gasteiger partial charge in [0.25, 0.3) is 0 Å². The molecule has 0 aliphatic carbocycles. The largest absolute Gasteiger partial charge is 0.478 e. The highest BCUT2D eigenvalue weighted by molar-refractivity contribution is 9.09. The fraction of sp³-hybridized carbons (Fsp3) is 0.667. The van der Waals surface area contributed by atoms with Crippen molar-refractivity contribution in [3.63, 3.8) is 0 Å². The average molecular weight is 287 g/mol. The summed E-state index contributed by atoms with van der Waals surface area (Å²) in [4.78, 5) is 8.82. The molecule has 1 rings (SSSR count). The summed E-state index contributed by atoms with van der Waals surface area (Å²) in [5, 5.41) is 0. The minimum Gasteiger partial charge on any atom is -0.478 e. The second kappa shape index (κ2) is 7.60. The van der Waals surface area contributed by atoms with E-state index in [4.69, 9.17) is 4.74 Å². The van der Waals surface area contributed by atoms with Gasteiger partial charge in [0, 0.05) is 23.0 Å². The first kappa shape index (κ1) is 13.4. The molecule has 0 bridgehead atoms. The molecule has 0 amide bonds. The summed E-state index contributed by atoms with van der Waals surface area (Å²) in [6.07, 6.45) is 5.84. The van der Waals surface area contributed by atoms with Gasteiger partial charge in [-0.3, -0.25) is 0 Å². The first-order valence-corrected chi connectivity index (χ1v) is 6.75. The molecular formula is C12H19BrN2O. The van der Waals surface area contributed by atoms with E-state index in [0.29, 0.717) is 17.3 Å². The SMILES string of the molecule is CCCOc1cc(CC(Br)CCC)ncn1. The fourth-order valence-corrected chi connectivity index (χ4v) is 2.21. The predicted octanol–water partition coefficient (Wildman–Crippen LogP) is 3.37. The monoisotopic (exact) mass is 286 g/mol. The summed E-state index contributed by atoms with van der Waals surface area (Å²) in [7, 11) is 0. The Balaban J connectivity index is 2.52. The highest BCUT2D eigenvalue weighted by atomic mass is 79.9. The summed E-state index contributed by atoms with van der Waals surface area (Å²) in [5.41, 5.74) is 1.04. The van der Waals surface area contributed by atoms with Gasteiger partial charge in [-0.25, -0.2) is 9.97 Å². The molecule has 1 atom stereocenters. The Bertz CT molecular complexity index is 307. The third-order valence-corrected chi connectivity index (χ3v) is 2.97. The van der Waals surface area contributed by atoms with Gasteiger partial charge in [0.2, 0.25) is 5.88 Å². The van der Waals surface area contributed by atoms with Crippen LogP contribution in [0, 0.1) is 0 Å². The molecule has 0 spiro atoms. The van der Waals surface area contributed by atoms with Gasteiger partial charge in [-0.05, 0) is 12.8 Å². The molecule has 0 saturated carbocycles. The van der Waals surface area contributed by atoms with E-state index in [9.17, 15) is 0 Å². The average Bonchev–Trinajstić information content (AvgIpc) is 2.27. The van der Waals surface area contributed by atoms with Crippen molar-refractivity contribution in [2.45, 2.75) is 44.4 Å². The number of hydrogen-bond acceptors (Lipinski definition) is 3. The van der Waals surface area contributed by atoms with Crippen LogP contribution in [0.15, 0.2) is 12.4 Å². The van der Waals surface area contributed by atoms with Crippen molar-refractivity contribution >= 4 is 15.9 Å². The lowest BCUT2D eigenvalue weighted by Gasteiger charge is -2.08. The highest BCUT2D eigenvalue weighted by Crippen LogP contribution is 2.15. The van der Waals surface area contributed by atoms with Gasteiger partial charge in [-0.15, -0.1) is 0 Å². The predicted molar refractivity (Wildman–Crippen MR) is 69.1 cm³/mol. The third-order valence-electron chi connectivity index (χ3n) is 2.19. The van der Waals surface area contributed by atoms with Gasteiger partial charge in [0.15, 0.2) is 0 Å². The molecular weight excluding hydrogens is 268 g/mol. The smallest absolute Gasteiger partial charge is 0.216 e. The third kappa shape index (κ3) is 4.92. The van der Waals surface area contributed by atoms with Crippen molar-refractivity contribution in [2.75, 3.05) is 6.61 Å². The molecule has 1 aromatic rings. The zero-order chi connectivity index (χ0) is 11.8. The summed E-state index contributed by atoms with van der Waals surface area (Å²) in [6.45, 7) is 4.98. The van der Waals surface area contributed by atoms with Crippen molar-refractivity contribution in [3.05, 3.63) is 18.1 Å². The Labute approximate surface area is 106 Å². The number of ether oxygens (including phenoxy) is 1. The molecule has 1 heterocycles. The van der Waals surface area contributed by atoms with Crippen LogP contribution in [0.25, 0.3) is 0 Å². The van der Waals surface area contributed by atoms with Crippen LogP contribution >= 0.6 is 15.9 Å². The molecule has 90 valence electrons. The van der Waals surface area contributed by atoms with Crippen LogP contribution in [0.2, 0.25) is 0 Å². The zero-order valence-corrected chi connectivity index (χ0v) is 11.5. The molecule has 0 aromatic carbocycles. The van der Waals surface area contributed by atoms with E-state index in [2.05, 4.69) is 39.7 Å². The van der Waals surface area contributed by atoms with Crippen LogP contribution < -0.4 is 4.74 Å². The Morgan fingerprint density at radius 3 is 2.81 bits per heavy atom. The van der Waals surface area contributed by atoms with Gasteiger partial charge in [-0.1, -0.05) is 36.2 Å². The Morgan fingerprint density at radius 1 is 1.31 bits per heavy atom. The Morgan fingerprint density at radius 2 is 2.12 bits per heavy atom. The number of alkyl halides is 1. The van der Waals surface area contributed by atoms with Crippen LogP contribution in [0.1, 0.15) is 38.8 Å². The lowest BCUT2D eigenvalue weighted by molar-refractivity contribution is 0.304. The first-order valence-electron chi connectivity index (χ1n) is 5.84. The summed E-state index contributed by atoms with van der Waals surface area (Å²) < 4.78 is 5.47. The van der Waals surface area contributed by atoms with E-state index in [1.165, 1.54) is 6.42 Å². The molecule has 4 heteroatoms. The number of aromatic nitrogens is 2. The quantitative estimate of drug-likeness (QED) is 0.721. The van der Waals surface area contributed by atoms with Crippen molar-refractivity contribution in [1.82, 2.24) is 9.97 Å². The molecule has 0 aliphatic rings. The van der Waals surface area contributed by atoms with Gasteiger partial charge in [-0.2, -0.15) is 0 Å². The lowest BCUT2D eigenvalue weighted by atomic mass is 10.1. The maximum Gasteiger partial charge on any atom is 0.216 e. The summed E-state index contributed by atoms with van der Waals surface area (Å²) in [5.74, 6) is 0.683. The first-order chi connectivity index (χ1) is 7.76. The van der Waals surface area contributed by atoms with E-state index in [-0.39, 0.29) is 0 Å². The van der Waals surface area contributed by atoms with Crippen LogP contribution in [0.5, 0.6) is 5.88 Å². The molecule has 3 nitrogen and oxygen atoms in total. The van der Waals surface area contributed by atoms with Gasteiger partial charge >= 0.3 is 0 Å². The normalized spacial score (nSPS) is 12.4. The van der Waals surface area contributed by atoms with E-state index >= 15 is 0 Å². The molecule has 1 aromatic heterocycles. The van der Waals surface area contributed by atoms with Crippen molar-refractivity contribution in [2.24, 2.45) is 0 Å². The van der Waals surface area contributed by atoms with E-state index in [1.54, 1.807) is 6.33 Å². The zero-order valence-electron chi connectivity index (χ0n) is 9.95. The second-order valence-corrected chi connectivity index (χ2v) is 5.08. The topological polar surface area (TPSA) is 35.0 Å². The van der Waals surface area contributed by atoms with Crippen LogP contribution in [0.4, 0.5) is 0 Å². The Kier molecular flexibility index (Phi) is 6.38. The maximum atomic E-state index is 5.47. The molecule has 0 fully saturated rings. The van der Waals surface area contributed by atoms with Crippen molar-refractivity contribution in [1.29, 1.82) is 0 Å². The minimum absolute atomic E-state index is 0.492. The number of halogens is 1. The van der Waals surface area contributed by atoms with Crippen LogP contribution in [-0.4, -0.2) is 21.4 Å². The van der Waals surface area contributed by atoms with Crippen LogP contribution in [0.3, 0.4) is 0 Å². The maximum absolute atomic E-state index is 5.47. The molecule has 0 radical (unpaired) electrons. The Hall–Kier alpha value is -0.640. The minimum atomic E-state index is 0.492. The number of nitrogens with zero attached hydrogens (tertiary/aromatic N) is 2. The summed E-state index contributed by atoms with van der Waals surface area (Å²) in [6, 6.07) is 1.93. The fourth-order valence-electron chi connectivity index (χ4n) is 1.42. The highest BCUT2D eigenvalue weighted by Gasteiger charge is 2.06.